The molecule has 1 heterocycles. The smallest absolute Gasteiger partial charge is 0.306 e. The quantitative estimate of drug-likeness (QED) is 0.747. The Morgan fingerprint density at radius 3 is 2.75 bits per heavy atom. The van der Waals surface area contributed by atoms with Crippen LogP contribution in [0.15, 0.2) is 0 Å². The number of rotatable bonds is 2. The molecule has 5 heteroatoms. The minimum Gasteiger partial charge on any atom is -0.481 e. The van der Waals surface area contributed by atoms with Gasteiger partial charge in [-0.15, -0.1) is 11.6 Å². The third-order valence-corrected chi connectivity index (χ3v) is 4.19. The van der Waals surface area contributed by atoms with Crippen molar-refractivity contribution in [2.45, 2.75) is 25.7 Å². The van der Waals surface area contributed by atoms with Crippen LogP contribution in [0, 0.1) is 11.3 Å². The highest BCUT2D eigenvalue weighted by molar-refractivity contribution is 6.27. The van der Waals surface area contributed by atoms with Gasteiger partial charge in [0, 0.05) is 13.1 Å². The number of likely N-dealkylation sites (tertiary alicyclic amines) is 1. The molecule has 1 aliphatic carbocycles. The molecule has 2 aliphatic rings. The van der Waals surface area contributed by atoms with E-state index in [1.807, 2.05) is 0 Å². The lowest BCUT2D eigenvalue weighted by Gasteiger charge is -2.23. The van der Waals surface area contributed by atoms with E-state index in [1.54, 1.807) is 4.90 Å². The largest absolute Gasteiger partial charge is 0.481 e. The van der Waals surface area contributed by atoms with E-state index >= 15 is 0 Å². The standard InChI is InChI=1S/C11H16ClNO3/c12-6-9(14)13-4-3-11(7-13)2-1-8(5-11)10(15)16/h8H,1-7H2,(H,15,16). The second kappa shape index (κ2) is 4.24. The lowest BCUT2D eigenvalue weighted by atomic mass is 9.84. The fraction of sp³-hybridized carbons (Fsp3) is 0.818. The number of nitrogens with zero attached hydrogens (tertiary/aromatic N) is 1. The van der Waals surface area contributed by atoms with Crippen LogP contribution >= 0.6 is 11.6 Å². The van der Waals surface area contributed by atoms with E-state index < -0.39 is 5.97 Å². The predicted octanol–water partition coefficient (Wildman–Crippen LogP) is 1.33. The maximum atomic E-state index is 11.4. The average Bonchev–Trinajstić information content (AvgIpc) is 2.86. The zero-order valence-electron chi connectivity index (χ0n) is 9.12. The molecule has 2 fully saturated rings. The molecule has 0 aromatic carbocycles. The molecule has 16 heavy (non-hydrogen) atoms. The summed E-state index contributed by atoms with van der Waals surface area (Å²) in [6, 6.07) is 0. The van der Waals surface area contributed by atoms with Crippen molar-refractivity contribution < 1.29 is 14.7 Å². The molecular weight excluding hydrogens is 230 g/mol. The molecule has 0 bridgehead atoms. The first-order valence-electron chi connectivity index (χ1n) is 5.63. The van der Waals surface area contributed by atoms with Gasteiger partial charge >= 0.3 is 5.97 Å². The van der Waals surface area contributed by atoms with Gasteiger partial charge in [-0.3, -0.25) is 9.59 Å². The lowest BCUT2D eigenvalue weighted by Crippen LogP contribution is -2.32. The fourth-order valence-electron chi connectivity index (χ4n) is 3.02. The van der Waals surface area contributed by atoms with E-state index in [4.69, 9.17) is 16.7 Å². The molecule has 0 aromatic rings. The number of hydrogen-bond donors (Lipinski definition) is 1. The highest BCUT2D eigenvalue weighted by Crippen LogP contribution is 2.48. The third-order valence-electron chi connectivity index (χ3n) is 3.96. The first-order chi connectivity index (χ1) is 7.56. The van der Waals surface area contributed by atoms with Gasteiger partial charge in [0.1, 0.15) is 5.88 Å². The maximum Gasteiger partial charge on any atom is 0.306 e. The Bertz CT molecular complexity index is 320. The Kier molecular flexibility index (Phi) is 3.10. The number of halogens is 1. The van der Waals surface area contributed by atoms with Crippen molar-refractivity contribution in [2.75, 3.05) is 19.0 Å². The summed E-state index contributed by atoms with van der Waals surface area (Å²) in [7, 11) is 0. The Balaban J connectivity index is 1.98. The lowest BCUT2D eigenvalue weighted by molar-refractivity contribution is -0.141. The normalized spacial score (nSPS) is 33.6. The second-order valence-corrected chi connectivity index (χ2v) is 5.24. The Hall–Kier alpha value is -0.770. The molecule has 1 saturated carbocycles. The summed E-state index contributed by atoms with van der Waals surface area (Å²) < 4.78 is 0. The number of alkyl halides is 1. The van der Waals surface area contributed by atoms with E-state index in [0.29, 0.717) is 13.0 Å². The van der Waals surface area contributed by atoms with E-state index in [2.05, 4.69) is 0 Å². The summed E-state index contributed by atoms with van der Waals surface area (Å²) in [4.78, 5) is 24.1. The Morgan fingerprint density at radius 1 is 1.44 bits per heavy atom. The van der Waals surface area contributed by atoms with E-state index in [9.17, 15) is 9.59 Å². The van der Waals surface area contributed by atoms with Crippen LogP contribution < -0.4 is 0 Å². The average molecular weight is 246 g/mol. The first kappa shape index (κ1) is 11.7. The number of carbonyl (C=O) groups excluding carboxylic acids is 1. The van der Waals surface area contributed by atoms with Gasteiger partial charge < -0.3 is 10.0 Å². The van der Waals surface area contributed by atoms with Crippen molar-refractivity contribution in [1.29, 1.82) is 0 Å². The highest BCUT2D eigenvalue weighted by atomic mass is 35.5. The minimum absolute atomic E-state index is 0.0262. The molecule has 0 aromatic heterocycles. The molecule has 1 saturated heterocycles. The summed E-state index contributed by atoms with van der Waals surface area (Å²) in [5.41, 5.74) is 0.0603. The van der Waals surface area contributed by atoms with Crippen LogP contribution in [-0.2, 0) is 9.59 Å². The molecule has 1 aliphatic heterocycles. The molecular formula is C11H16ClNO3. The van der Waals surface area contributed by atoms with Crippen molar-refractivity contribution in [2.24, 2.45) is 11.3 Å². The van der Waals surface area contributed by atoms with Crippen molar-refractivity contribution in [3.8, 4) is 0 Å². The Morgan fingerprint density at radius 2 is 2.19 bits per heavy atom. The molecule has 2 rings (SSSR count). The van der Waals surface area contributed by atoms with Gasteiger partial charge in [0.25, 0.3) is 0 Å². The molecule has 4 nitrogen and oxygen atoms in total. The number of amides is 1. The van der Waals surface area contributed by atoms with Crippen molar-refractivity contribution in [3.63, 3.8) is 0 Å². The molecule has 1 spiro atoms. The van der Waals surface area contributed by atoms with Crippen LogP contribution in [0.25, 0.3) is 0 Å². The van der Waals surface area contributed by atoms with Crippen molar-refractivity contribution in [3.05, 3.63) is 0 Å². The van der Waals surface area contributed by atoms with E-state index in [0.717, 1.165) is 25.8 Å². The predicted molar refractivity (Wildman–Crippen MR) is 59.3 cm³/mol. The topological polar surface area (TPSA) is 57.6 Å². The number of aliphatic carboxylic acids is 1. The van der Waals surface area contributed by atoms with Crippen LogP contribution in [0.1, 0.15) is 25.7 Å². The third kappa shape index (κ3) is 2.03. The number of carbonyl (C=O) groups is 2. The molecule has 2 atom stereocenters. The van der Waals surface area contributed by atoms with Crippen LogP contribution in [-0.4, -0.2) is 40.9 Å². The Labute approximate surface area is 99.6 Å². The monoisotopic (exact) mass is 245 g/mol. The van der Waals surface area contributed by atoms with Crippen LogP contribution in [0.4, 0.5) is 0 Å². The van der Waals surface area contributed by atoms with Crippen LogP contribution in [0.2, 0.25) is 0 Å². The minimum atomic E-state index is -0.695. The number of carboxylic acid groups (broad SMARTS) is 1. The number of hydrogen-bond acceptors (Lipinski definition) is 2. The fourth-order valence-corrected chi connectivity index (χ4v) is 3.19. The SMILES string of the molecule is O=C(O)C1CCC2(CCN(C(=O)CCl)C2)C1. The van der Waals surface area contributed by atoms with Gasteiger partial charge in [-0.05, 0) is 31.1 Å². The summed E-state index contributed by atoms with van der Waals surface area (Å²) in [5, 5.41) is 8.98. The zero-order valence-corrected chi connectivity index (χ0v) is 9.87. The summed E-state index contributed by atoms with van der Waals surface area (Å²) in [6.45, 7) is 1.43. The summed E-state index contributed by atoms with van der Waals surface area (Å²) in [5.74, 6) is -0.916. The molecule has 0 radical (unpaired) electrons. The molecule has 1 N–H and O–H groups in total. The molecule has 2 unspecified atom stereocenters. The highest BCUT2D eigenvalue weighted by Gasteiger charge is 2.46. The van der Waals surface area contributed by atoms with Crippen LogP contribution in [0.3, 0.4) is 0 Å². The van der Waals surface area contributed by atoms with E-state index in [1.165, 1.54) is 0 Å². The number of carboxylic acids is 1. The van der Waals surface area contributed by atoms with Crippen molar-refractivity contribution in [1.82, 2.24) is 4.90 Å². The van der Waals surface area contributed by atoms with Gasteiger partial charge in [-0.25, -0.2) is 0 Å². The van der Waals surface area contributed by atoms with Crippen LogP contribution in [0.5, 0.6) is 0 Å². The van der Waals surface area contributed by atoms with Gasteiger partial charge in [-0.1, -0.05) is 0 Å². The maximum absolute atomic E-state index is 11.4. The van der Waals surface area contributed by atoms with E-state index in [-0.39, 0.29) is 23.1 Å². The molecule has 1 amide bonds. The summed E-state index contributed by atoms with van der Waals surface area (Å²) >= 11 is 5.52. The molecule has 90 valence electrons. The summed E-state index contributed by atoms with van der Waals surface area (Å²) in [6.07, 6.45) is 3.32. The van der Waals surface area contributed by atoms with Gasteiger partial charge in [0.2, 0.25) is 5.91 Å². The van der Waals surface area contributed by atoms with Gasteiger partial charge in [0.05, 0.1) is 5.92 Å². The second-order valence-electron chi connectivity index (χ2n) is 4.98. The van der Waals surface area contributed by atoms with Gasteiger partial charge in [0.15, 0.2) is 0 Å². The van der Waals surface area contributed by atoms with Gasteiger partial charge in [-0.2, -0.15) is 0 Å². The first-order valence-corrected chi connectivity index (χ1v) is 6.16. The van der Waals surface area contributed by atoms with Crippen molar-refractivity contribution >= 4 is 23.5 Å². The zero-order chi connectivity index (χ0) is 11.8.